The molecule has 0 aromatic heterocycles. The number of carbonyl (C=O) groups is 2. The summed E-state index contributed by atoms with van der Waals surface area (Å²) in [7, 11) is 3.05. The minimum absolute atomic E-state index is 0.0606. The summed E-state index contributed by atoms with van der Waals surface area (Å²) in [6.07, 6.45) is 5.38. The molecule has 1 atom stereocenters. The lowest BCUT2D eigenvalue weighted by molar-refractivity contribution is -0.143. The summed E-state index contributed by atoms with van der Waals surface area (Å²) in [5, 5.41) is 3.18. The van der Waals surface area contributed by atoms with E-state index in [1.807, 2.05) is 30.3 Å². The summed E-state index contributed by atoms with van der Waals surface area (Å²) in [5.41, 5.74) is 1.22. The first-order chi connectivity index (χ1) is 19.5. The van der Waals surface area contributed by atoms with Crippen molar-refractivity contribution in [3.8, 4) is 17.2 Å². The number of nitrogens with zero attached hydrogens (tertiary/aromatic N) is 1. The van der Waals surface area contributed by atoms with Crippen LogP contribution in [0.25, 0.3) is 0 Å². The zero-order valence-corrected chi connectivity index (χ0v) is 23.1. The van der Waals surface area contributed by atoms with Crippen LogP contribution in [-0.2, 0) is 22.6 Å². The molecular formula is C32H37FN2O5. The van der Waals surface area contributed by atoms with Gasteiger partial charge in [0.15, 0.2) is 6.61 Å². The van der Waals surface area contributed by atoms with E-state index in [0.717, 1.165) is 37.7 Å². The molecule has 0 saturated heterocycles. The molecule has 4 rings (SSSR count). The van der Waals surface area contributed by atoms with E-state index in [9.17, 15) is 14.0 Å². The molecule has 1 fully saturated rings. The first-order valence-corrected chi connectivity index (χ1v) is 13.7. The van der Waals surface area contributed by atoms with E-state index in [1.54, 1.807) is 36.4 Å². The van der Waals surface area contributed by atoms with Crippen LogP contribution in [0.4, 0.5) is 4.39 Å². The average molecular weight is 549 g/mol. The van der Waals surface area contributed by atoms with Crippen LogP contribution in [0, 0.1) is 5.82 Å². The topological polar surface area (TPSA) is 77.1 Å². The fourth-order valence-electron chi connectivity index (χ4n) is 5.00. The second-order valence-electron chi connectivity index (χ2n) is 10.00. The Balaban J connectivity index is 1.63. The van der Waals surface area contributed by atoms with Gasteiger partial charge >= 0.3 is 0 Å². The van der Waals surface area contributed by atoms with Crippen LogP contribution in [0.3, 0.4) is 0 Å². The first-order valence-electron chi connectivity index (χ1n) is 13.7. The smallest absolute Gasteiger partial charge is 0.261 e. The molecule has 0 unspecified atom stereocenters. The molecule has 3 aromatic rings. The number of methoxy groups -OCH3 is 2. The standard InChI is InChI=1S/C32H37FN2O5/c1-38-26-18-27(39-2)20-28(19-26)40-22-31(36)35(21-24-13-9-10-16-29(24)33)30(17-23-11-5-3-6-12-23)32(37)34-25-14-7-4-8-15-25/h3,5-6,9-13,16,18-20,25,30H,4,7-8,14-15,17,21-22H2,1-2H3,(H,34,37)/t30-/m1/s1. The summed E-state index contributed by atoms with van der Waals surface area (Å²) < 4.78 is 31.3. The summed E-state index contributed by atoms with van der Waals surface area (Å²) >= 11 is 0. The van der Waals surface area contributed by atoms with Crippen LogP contribution >= 0.6 is 0 Å². The normalized spacial score (nSPS) is 14.2. The van der Waals surface area contributed by atoms with Gasteiger partial charge in [0.2, 0.25) is 5.91 Å². The number of carbonyl (C=O) groups excluding carboxylic acids is 2. The number of rotatable bonds is 12. The lowest BCUT2D eigenvalue weighted by Gasteiger charge is -2.33. The van der Waals surface area contributed by atoms with Crippen LogP contribution in [0.1, 0.15) is 43.2 Å². The van der Waals surface area contributed by atoms with Crippen LogP contribution in [0.5, 0.6) is 17.2 Å². The monoisotopic (exact) mass is 548 g/mol. The van der Waals surface area contributed by atoms with Crippen molar-refractivity contribution in [3.05, 3.63) is 89.7 Å². The van der Waals surface area contributed by atoms with Crippen molar-refractivity contribution in [2.75, 3.05) is 20.8 Å². The van der Waals surface area contributed by atoms with Crippen LogP contribution in [0.2, 0.25) is 0 Å². The van der Waals surface area contributed by atoms with Gasteiger partial charge in [0.05, 0.1) is 14.2 Å². The van der Waals surface area contributed by atoms with Crippen LogP contribution in [0.15, 0.2) is 72.8 Å². The van der Waals surface area contributed by atoms with Crippen molar-refractivity contribution in [3.63, 3.8) is 0 Å². The Morgan fingerprint density at radius 1 is 0.900 bits per heavy atom. The molecule has 40 heavy (non-hydrogen) atoms. The summed E-state index contributed by atoms with van der Waals surface area (Å²) in [4.78, 5) is 29.0. The molecule has 8 heteroatoms. The lowest BCUT2D eigenvalue weighted by atomic mass is 9.94. The quantitative estimate of drug-likeness (QED) is 0.332. The number of halogens is 1. The van der Waals surface area contributed by atoms with Crippen molar-refractivity contribution in [1.29, 1.82) is 0 Å². The highest BCUT2D eigenvalue weighted by Crippen LogP contribution is 2.28. The van der Waals surface area contributed by atoms with Crippen molar-refractivity contribution in [2.24, 2.45) is 0 Å². The van der Waals surface area contributed by atoms with E-state index in [4.69, 9.17) is 14.2 Å². The van der Waals surface area contributed by atoms with E-state index >= 15 is 0 Å². The number of ether oxygens (including phenoxy) is 3. The molecule has 1 N–H and O–H groups in total. The van der Waals surface area contributed by atoms with Crippen molar-refractivity contribution in [1.82, 2.24) is 10.2 Å². The molecule has 1 aliphatic rings. The summed E-state index contributed by atoms with van der Waals surface area (Å²) in [6, 6.07) is 20.0. The number of nitrogens with one attached hydrogen (secondary N) is 1. The molecule has 7 nitrogen and oxygen atoms in total. The van der Waals surface area contributed by atoms with Gasteiger partial charge < -0.3 is 24.4 Å². The van der Waals surface area contributed by atoms with Gasteiger partial charge in [-0.1, -0.05) is 67.8 Å². The third-order valence-electron chi connectivity index (χ3n) is 7.21. The minimum Gasteiger partial charge on any atom is -0.496 e. The third-order valence-corrected chi connectivity index (χ3v) is 7.21. The molecule has 0 bridgehead atoms. The maximum Gasteiger partial charge on any atom is 0.261 e. The van der Waals surface area contributed by atoms with Gasteiger partial charge in [0.25, 0.3) is 5.91 Å². The van der Waals surface area contributed by atoms with E-state index in [-0.39, 0.29) is 31.5 Å². The van der Waals surface area contributed by atoms with E-state index in [0.29, 0.717) is 22.8 Å². The van der Waals surface area contributed by atoms with Crippen LogP contribution < -0.4 is 19.5 Å². The third kappa shape index (κ3) is 7.97. The van der Waals surface area contributed by atoms with Crippen molar-refractivity contribution in [2.45, 2.75) is 57.2 Å². The fourth-order valence-corrected chi connectivity index (χ4v) is 5.00. The predicted molar refractivity (Wildman–Crippen MR) is 151 cm³/mol. The predicted octanol–water partition coefficient (Wildman–Crippen LogP) is 5.31. The van der Waals surface area contributed by atoms with Gasteiger partial charge in [0, 0.05) is 42.8 Å². The minimum atomic E-state index is -0.861. The van der Waals surface area contributed by atoms with E-state index in [1.165, 1.54) is 25.2 Å². The second kappa shape index (κ2) is 14.4. The second-order valence-corrected chi connectivity index (χ2v) is 10.00. The zero-order chi connectivity index (χ0) is 28.3. The summed E-state index contributed by atoms with van der Waals surface area (Å²) in [5.74, 6) is 0.275. The first kappa shape index (κ1) is 28.9. The molecule has 1 saturated carbocycles. The molecular weight excluding hydrogens is 511 g/mol. The molecule has 0 heterocycles. The number of hydrogen-bond acceptors (Lipinski definition) is 5. The Hall–Kier alpha value is -4.07. The maximum atomic E-state index is 14.8. The number of benzene rings is 3. The van der Waals surface area contributed by atoms with Crippen molar-refractivity contribution >= 4 is 11.8 Å². The molecule has 3 aromatic carbocycles. The Bertz CT molecular complexity index is 1240. The maximum absolute atomic E-state index is 14.8. The molecule has 212 valence electrons. The molecule has 2 amide bonds. The van der Waals surface area contributed by atoms with E-state index in [2.05, 4.69) is 5.32 Å². The van der Waals surface area contributed by atoms with Gasteiger partial charge in [-0.25, -0.2) is 4.39 Å². The van der Waals surface area contributed by atoms with Gasteiger partial charge in [-0.3, -0.25) is 9.59 Å². The number of hydrogen-bond donors (Lipinski definition) is 1. The Morgan fingerprint density at radius 2 is 1.52 bits per heavy atom. The zero-order valence-electron chi connectivity index (χ0n) is 23.1. The highest BCUT2D eigenvalue weighted by atomic mass is 19.1. The Labute approximate surface area is 235 Å². The SMILES string of the molecule is COc1cc(OC)cc(OCC(=O)N(Cc2ccccc2F)[C@H](Cc2ccccc2)C(=O)NC2CCCCC2)c1. The van der Waals surface area contributed by atoms with E-state index < -0.39 is 17.8 Å². The van der Waals surface area contributed by atoms with Gasteiger partial charge in [0.1, 0.15) is 29.1 Å². The fraction of sp³-hybridized carbons (Fsp3) is 0.375. The lowest BCUT2D eigenvalue weighted by Crippen LogP contribution is -2.53. The average Bonchev–Trinajstić information content (AvgIpc) is 2.99. The van der Waals surface area contributed by atoms with Crippen molar-refractivity contribution < 1.29 is 28.2 Å². The summed E-state index contributed by atoms with van der Waals surface area (Å²) in [6.45, 7) is -0.432. The largest absolute Gasteiger partial charge is 0.496 e. The highest BCUT2D eigenvalue weighted by Gasteiger charge is 2.32. The Morgan fingerprint density at radius 3 is 2.17 bits per heavy atom. The molecule has 0 spiro atoms. The Kier molecular flexibility index (Phi) is 10.4. The highest BCUT2D eigenvalue weighted by molar-refractivity contribution is 5.88. The van der Waals surface area contributed by atoms with Gasteiger partial charge in [-0.15, -0.1) is 0 Å². The molecule has 0 radical (unpaired) electrons. The van der Waals surface area contributed by atoms with Gasteiger partial charge in [-0.05, 0) is 24.5 Å². The van der Waals surface area contributed by atoms with Gasteiger partial charge in [-0.2, -0.15) is 0 Å². The number of amides is 2. The molecule has 1 aliphatic carbocycles. The van der Waals surface area contributed by atoms with Crippen LogP contribution in [-0.4, -0.2) is 49.6 Å². The molecule has 0 aliphatic heterocycles.